The van der Waals surface area contributed by atoms with Gasteiger partial charge in [-0.3, -0.25) is 9.59 Å². The lowest BCUT2D eigenvalue weighted by molar-refractivity contribution is -0.124. The molecule has 0 fully saturated rings. The second-order valence-electron chi connectivity index (χ2n) is 7.05. The average molecular weight is 451 g/mol. The van der Waals surface area contributed by atoms with E-state index >= 15 is 0 Å². The van der Waals surface area contributed by atoms with Crippen LogP contribution in [-0.4, -0.2) is 36.5 Å². The van der Waals surface area contributed by atoms with Crippen LogP contribution in [0.15, 0.2) is 48.5 Å². The predicted molar refractivity (Wildman–Crippen MR) is 121 cm³/mol. The average Bonchev–Trinajstić information content (AvgIpc) is 2.76. The van der Waals surface area contributed by atoms with Crippen molar-refractivity contribution in [1.29, 1.82) is 0 Å². The van der Waals surface area contributed by atoms with Gasteiger partial charge in [0.15, 0.2) is 11.6 Å². The highest BCUT2D eigenvalue weighted by Crippen LogP contribution is 2.22. The molecule has 0 aromatic heterocycles. The first kappa shape index (κ1) is 24.5. The number of benzene rings is 2. The molecule has 0 spiro atoms. The van der Waals surface area contributed by atoms with E-state index in [4.69, 9.17) is 32.7 Å². The Balaban J connectivity index is 1.88. The number of carbonyl (C=O) groups excluding carboxylic acids is 2. The maximum Gasteiger partial charge on any atom is 0.158 e. The fourth-order valence-corrected chi connectivity index (χ4v) is 3.19. The van der Waals surface area contributed by atoms with Gasteiger partial charge in [-0.25, -0.2) is 0 Å². The van der Waals surface area contributed by atoms with Crippen LogP contribution in [-0.2, 0) is 32.3 Å². The summed E-state index contributed by atoms with van der Waals surface area (Å²) in [4.78, 5) is 23.4. The van der Waals surface area contributed by atoms with Crippen LogP contribution >= 0.6 is 23.2 Å². The molecule has 0 bridgehead atoms. The molecule has 2 rings (SSSR count). The van der Waals surface area contributed by atoms with Crippen LogP contribution in [0.4, 0.5) is 0 Å². The summed E-state index contributed by atoms with van der Waals surface area (Å²) in [6, 6.07) is 16.1. The molecule has 0 saturated carbocycles. The van der Waals surface area contributed by atoms with Crippen molar-refractivity contribution in [3.8, 4) is 11.1 Å². The second kappa shape index (κ2) is 14.3. The largest absolute Gasteiger partial charge is 0.369 e. The van der Waals surface area contributed by atoms with E-state index in [1.807, 2.05) is 36.4 Å². The van der Waals surface area contributed by atoms with E-state index in [0.29, 0.717) is 50.7 Å². The highest BCUT2D eigenvalue weighted by molar-refractivity contribution is 6.18. The monoisotopic (exact) mass is 450 g/mol. The zero-order chi connectivity index (χ0) is 21.6. The Hall–Kier alpha value is -1.72. The lowest BCUT2D eigenvalue weighted by Crippen LogP contribution is -2.08. The fraction of sp³-hybridized carbons (Fsp3) is 0.417. The van der Waals surface area contributed by atoms with Gasteiger partial charge < -0.3 is 9.47 Å². The zero-order valence-electron chi connectivity index (χ0n) is 17.1. The standard InChI is InChI=1S/C24H28Cl2O4/c25-11-3-9-23(27)17-29-15-19-5-1-7-21(13-19)22-8-2-6-20(14-22)16-30-18-24(28)10-4-12-26/h1-2,5-8,13-14H,3-4,9-12,15-18H2. The molecular formula is C24H28Cl2O4. The third-order valence-electron chi connectivity index (χ3n) is 4.43. The van der Waals surface area contributed by atoms with Crippen LogP contribution in [0.25, 0.3) is 11.1 Å². The number of rotatable bonds is 15. The summed E-state index contributed by atoms with van der Waals surface area (Å²) in [5.41, 5.74) is 4.13. The summed E-state index contributed by atoms with van der Waals surface area (Å²) < 4.78 is 11.1. The Bertz CT molecular complexity index is 740. The highest BCUT2D eigenvalue weighted by atomic mass is 35.5. The highest BCUT2D eigenvalue weighted by Gasteiger charge is 2.06. The fourth-order valence-electron chi connectivity index (χ4n) is 2.92. The first-order valence-corrected chi connectivity index (χ1v) is 11.2. The van der Waals surface area contributed by atoms with Gasteiger partial charge in [0, 0.05) is 24.6 Å². The number of Topliss-reactive ketones (excluding diaryl/α,β-unsaturated/α-hetero) is 2. The molecule has 0 aliphatic carbocycles. The molecule has 0 radical (unpaired) electrons. The topological polar surface area (TPSA) is 52.6 Å². The third kappa shape index (κ3) is 9.40. The van der Waals surface area contributed by atoms with Crippen molar-refractivity contribution in [1.82, 2.24) is 0 Å². The third-order valence-corrected chi connectivity index (χ3v) is 4.96. The number of alkyl halides is 2. The van der Waals surface area contributed by atoms with Crippen molar-refractivity contribution in [2.45, 2.75) is 38.9 Å². The molecule has 0 unspecified atom stereocenters. The van der Waals surface area contributed by atoms with Crippen LogP contribution < -0.4 is 0 Å². The summed E-state index contributed by atoms with van der Waals surface area (Å²) in [6.07, 6.45) is 2.27. The Morgan fingerprint density at radius 2 is 1.13 bits per heavy atom. The van der Waals surface area contributed by atoms with Crippen molar-refractivity contribution in [3.63, 3.8) is 0 Å². The number of hydrogen-bond acceptors (Lipinski definition) is 4. The molecule has 6 heteroatoms. The summed E-state index contributed by atoms with van der Waals surface area (Å²) >= 11 is 11.2. The molecule has 2 aromatic carbocycles. The first-order chi connectivity index (χ1) is 14.6. The Kier molecular flexibility index (Phi) is 11.7. The predicted octanol–water partition coefficient (Wildman–Crippen LogP) is 5.56. The quantitative estimate of drug-likeness (QED) is 0.333. The molecule has 162 valence electrons. The van der Waals surface area contributed by atoms with Crippen molar-refractivity contribution >= 4 is 34.8 Å². The van der Waals surface area contributed by atoms with Crippen molar-refractivity contribution in [3.05, 3.63) is 59.7 Å². The lowest BCUT2D eigenvalue weighted by Gasteiger charge is -2.09. The number of carbonyl (C=O) groups is 2. The summed E-state index contributed by atoms with van der Waals surface area (Å²) in [5.74, 6) is 1.12. The van der Waals surface area contributed by atoms with E-state index in [2.05, 4.69) is 12.1 Å². The van der Waals surface area contributed by atoms with Gasteiger partial charge in [-0.15, -0.1) is 23.2 Å². The molecule has 0 heterocycles. The van der Waals surface area contributed by atoms with Crippen molar-refractivity contribution in [2.75, 3.05) is 25.0 Å². The van der Waals surface area contributed by atoms with Gasteiger partial charge >= 0.3 is 0 Å². The molecule has 0 amide bonds. The molecular weight excluding hydrogens is 423 g/mol. The Morgan fingerprint density at radius 3 is 1.53 bits per heavy atom. The first-order valence-electron chi connectivity index (χ1n) is 10.1. The Labute approximate surface area is 188 Å². The van der Waals surface area contributed by atoms with E-state index in [1.165, 1.54) is 0 Å². The van der Waals surface area contributed by atoms with Crippen molar-refractivity contribution in [2.24, 2.45) is 0 Å². The summed E-state index contributed by atoms with van der Waals surface area (Å²) in [6.45, 7) is 0.983. The van der Waals surface area contributed by atoms with Crippen LogP contribution in [0.2, 0.25) is 0 Å². The van der Waals surface area contributed by atoms with E-state index in [-0.39, 0.29) is 24.8 Å². The molecule has 30 heavy (non-hydrogen) atoms. The maximum atomic E-state index is 11.7. The van der Waals surface area contributed by atoms with Crippen LogP contribution in [0.3, 0.4) is 0 Å². The summed E-state index contributed by atoms with van der Waals surface area (Å²) in [7, 11) is 0. The minimum absolute atomic E-state index is 0.0700. The maximum absolute atomic E-state index is 11.7. The van der Waals surface area contributed by atoms with Crippen LogP contribution in [0.5, 0.6) is 0 Å². The van der Waals surface area contributed by atoms with E-state index in [1.54, 1.807) is 0 Å². The van der Waals surface area contributed by atoms with E-state index in [0.717, 1.165) is 22.3 Å². The van der Waals surface area contributed by atoms with Gasteiger partial charge in [-0.1, -0.05) is 36.4 Å². The van der Waals surface area contributed by atoms with Gasteiger partial charge in [-0.05, 0) is 47.2 Å². The number of halogens is 2. The SMILES string of the molecule is O=C(CCCCl)COCc1cccc(-c2cccc(COCC(=O)CCCCl)c2)c1. The minimum atomic E-state index is 0.0700. The molecule has 0 N–H and O–H groups in total. The molecule has 0 aliphatic heterocycles. The number of ketones is 2. The van der Waals surface area contributed by atoms with Crippen LogP contribution in [0.1, 0.15) is 36.8 Å². The molecule has 2 aromatic rings. The van der Waals surface area contributed by atoms with E-state index < -0.39 is 0 Å². The van der Waals surface area contributed by atoms with Gasteiger partial charge in [0.05, 0.1) is 13.2 Å². The zero-order valence-corrected chi connectivity index (χ0v) is 18.6. The van der Waals surface area contributed by atoms with Gasteiger partial charge in [0.1, 0.15) is 13.2 Å². The van der Waals surface area contributed by atoms with E-state index in [9.17, 15) is 9.59 Å². The number of ether oxygens (including phenoxy) is 2. The molecule has 0 atom stereocenters. The lowest BCUT2D eigenvalue weighted by atomic mass is 10.0. The van der Waals surface area contributed by atoms with Gasteiger partial charge in [0.25, 0.3) is 0 Å². The minimum Gasteiger partial charge on any atom is -0.369 e. The molecule has 0 aliphatic rings. The van der Waals surface area contributed by atoms with Gasteiger partial charge in [0.2, 0.25) is 0 Å². The number of hydrogen-bond donors (Lipinski definition) is 0. The Morgan fingerprint density at radius 1 is 0.700 bits per heavy atom. The normalized spacial score (nSPS) is 10.9. The molecule has 0 saturated heterocycles. The van der Waals surface area contributed by atoms with Crippen LogP contribution in [0, 0.1) is 0 Å². The van der Waals surface area contributed by atoms with Gasteiger partial charge in [-0.2, -0.15) is 0 Å². The van der Waals surface area contributed by atoms with Crippen molar-refractivity contribution < 1.29 is 19.1 Å². The second-order valence-corrected chi connectivity index (χ2v) is 7.80. The smallest absolute Gasteiger partial charge is 0.158 e. The summed E-state index contributed by atoms with van der Waals surface area (Å²) in [5, 5.41) is 0. The molecule has 4 nitrogen and oxygen atoms in total.